The van der Waals surface area contributed by atoms with E-state index in [0.29, 0.717) is 24.3 Å². The van der Waals surface area contributed by atoms with Gasteiger partial charge in [0.2, 0.25) is 11.8 Å². The van der Waals surface area contributed by atoms with Gasteiger partial charge < -0.3 is 10.5 Å². The quantitative estimate of drug-likeness (QED) is 0.698. The third kappa shape index (κ3) is 2.86. The van der Waals surface area contributed by atoms with Crippen molar-refractivity contribution in [3.63, 3.8) is 0 Å². The Balaban J connectivity index is 1.63. The van der Waals surface area contributed by atoms with Crippen LogP contribution in [0.15, 0.2) is 36.8 Å². The summed E-state index contributed by atoms with van der Waals surface area (Å²) in [6.07, 6.45) is 6.75. The molecule has 0 spiro atoms. The van der Waals surface area contributed by atoms with E-state index >= 15 is 0 Å². The fourth-order valence-electron chi connectivity index (χ4n) is 3.32. The van der Waals surface area contributed by atoms with Gasteiger partial charge in [0.25, 0.3) is 0 Å². The lowest BCUT2D eigenvalue weighted by Gasteiger charge is -2.44. The van der Waals surface area contributed by atoms with Crippen LogP contribution < -0.4 is 10.5 Å². The summed E-state index contributed by atoms with van der Waals surface area (Å²) in [5, 5.41) is 5.29. The van der Waals surface area contributed by atoms with Gasteiger partial charge in [-0.3, -0.25) is 4.79 Å². The molecule has 1 aliphatic carbocycles. The fourth-order valence-corrected chi connectivity index (χ4v) is 4.05. The van der Waals surface area contributed by atoms with Gasteiger partial charge in [0, 0.05) is 11.8 Å². The van der Waals surface area contributed by atoms with Crippen LogP contribution in [-0.4, -0.2) is 31.1 Å². The Morgan fingerprint density at radius 1 is 1.50 bits per heavy atom. The van der Waals surface area contributed by atoms with Gasteiger partial charge in [-0.1, -0.05) is 6.58 Å². The molecule has 8 heteroatoms. The summed E-state index contributed by atoms with van der Waals surface area (Å²) in [4.78, 5) is 21.3. The highest BCUT2D eigenvalue weighted by atomic mass is 32.1. The second-order valence-electron chi connectivity index (χ2n) is 6.88. The van der Waals surface area contributed by atoms with Crippen molar-refractivity contribution in [2.24, 2.45) is 11.7 Å². The number of rotatable bonds is 5. The van der Waals surface area contributed by atoms with Crippen LogP contribution in [0.1, 0.15) is 24.8 Å². The monoisotopic (exact) mass is 369 g/mol. The minimum Gasteiger partial charge on any atom is -0.470 e. The number of carbonyl (C=O) groups is 1. The van der Waals surface area contributed by atoms with Crippen molar-refractivity contribution in [1.29, 1.82) is 0 Å². The number of ether oxygens (including phenoxy) is 1. The molecule has 7 nitrogen and oxygen atoms in total. The molecule has 1 aliphatic rings. The van der Waals surface area contributed by atoms with Crippen LogP contribution in [0.3, 0.4) is 0 Å². The third-order valence-electron chi connectivity index (χ3n) is 4.74. The minimum atomic E-state index is -0.448. The molecule has 0 unspecified atom stereocenters. The molecule has 0 radical (unpaired) electrons. The van der Waals surface area contributed by atoms with E-state index in [4.69, 9.17) is 15.5 Å². The molecule has 1 amide bonds. The molecule has 1 saturated carbocycles. The molecular weight excluding hydrogens is 350 g/mol. The number of amides is 1. The number of nitrogens with zero attached hydrogens (tertiary/aromatic N) is 4. The zero-order valence-corrected chi connectivity index (χ0v) is 15.4. The average Bonchev–Trinajstić information content (AvgIpc) is 3.20. The first-order valence-corrected chi connectivity index (χ1v) is 9.11. The first kappa shape index (κ1) is 16.7. The van der Waals surface area contributed by atoms with Crippen molar-refractivity contribution in [3.8, 4) is 16.5 Å². The van der Waals surface area contributed by atoms with Crippen LogP contribution in [0.5, 0.6) is 5.88 Å². The summed E-state index contributed by atoms with van der Waals surface area (Å²) < 4.78 is 8.02. The highest BCUT2D eigenvalue weighted by Gasteiger charge is 2.45. The molecule has 3 aromatic rings. The Morgan fingerprint density at radius 2 is 2.27 bits per heavy atom. The molecule has 3 heterocycles. The van der Waals surface area contributed by atoms with Crippen molar-refractivity contribution >= 4 is 22.8 Å². The minimum absolute atomic E-state index is 0.0609. The van der Waals surface area contributed by atoms with E-state index in [-0.39, 0.29) is 5.92 Å². The van der Waals surface area contributed by atoms with Crippen molar-refractivity contribution in [1.82, 2.24) is 19.6 Å². The molecule has 0 atom stereocenters. The lowest BCUT2D eigenvalue weighted by molar-refractivity contribution is -0.116. The normalized spacial score (nSPS) is 22.2. The van der Waals surface area contributed by atoms with Gasteiger partial charge in [-0.2, -0.15) is 5.10 Å². The average molecular weight is 369 g/mol. The van der Waals surface area contributed by atoms with Gasteiger partial charge in [-0.25, -0.2) is 14.5 Å². The first-order chi connectivity index (χ1) is 12.3. The molecule has 3 aromatic heterocycles. The largest absolute Gasteiger partial charge is 0.470 e. The van der Waals surface area contributed by atoms with Gasteiger partial charge >= 0.3 is 0 Å². The summed E-state index contributed by atoms with van der Waals surface area (Å²) in [5.41, 5.74) is 6.94. The van der Waals surface area contributed by atoms with Crippen LogP contribution in [-0.2, 0) is 4.79 Å². The van der Waals surface area contributed by atoms with E-state index < -0.39 is 11.5 Å². The van der Waals surface area contributed by atoms with Crippen LogP contribution in [0.2, 0.25) is 0 Å². The number of primary amides is 1. The van der Waals surface area contributed by atoms with Crippen molar-refractivity contribution in [2.45, 2.75) is 32.3 Å². The molecule has 0 aromatic carbocycles. The maximum absolute atomic E-state index is 11.3. The van der Waals surface area contributed by atoms with Gasteiger partial charge in [-0.05, 0) is 38.7 Å². The Bertz CT molecular complexity index is 1020. The standard InChI is InChI=1S/C18H19N5O2S/c1-10(16(19)24)12-6-18(3,7-12)25-17-14-4-5-21-23(14)9-13(22-17)15-8-20-11(2)26-15/h4-5,8-9,12H,1,6-7H2,2-3H3,(H2,19,24). The second kappa shape index (κ2) is 5.91. The number of hydrogen-bond acceptors (Lipinski definition) is 6. The number of fused-ring (bicyclic) bond motifs is 1. The van der Waals surface area contributed by atoms with Crippen molar-refractivity contribution in [2.75, 3.05) is 0 Å². The molecule has 0 aliphatic heterocycles. The van der Waals surface area contributed by atoms with Crippen LogP contribution in [0.25, 0.3) is 16.1 Å². The zero-order valence-electron chi connectivity index (χ0n) is 14.6. The number of nitrogens with two attached hydrogens (primary N) is 1. The molecule has 4 rings (SSSR count). The Labute approximate surface area is 154 Å². The van der Waals surface area contributed by atoms with E-state index in [2.05, 4.69) is 16.7 Å². The molecule has 0 saturated heterocycles. The molecule has 2 N–H and O–H groups in total. The smallest absolute Gasteiger partial charge is 0.244 e. The molecular formula is C18H19N5O2S. The Morgan fingerprint density at radius 3 is 2.92 bits per heavy atom. The number of aryl methyl sites for hydroxylation is 1. The SMILES string of the molecule is C=C(C(N)=O)C1CC(C)(Oc2nc(-c3cnc(C)s3)cn3nccc23)C1. The lowest BCUT2D eigenvalue weighted by atomic mass is 9.68. The van der Waals surface area contributed by atoms with E-state index in [1.165, 1.54) is 0 Å². The van der Waals surface area contributed by atoms with Crippen LogP contribution in [0, 0.1) is 12.8 Å². The second-order valence-corrected chi connectivity index (χ2v) is 8.12. The van der Waals surface area contributed by atoms with E-state index in [0.717, 1.165) is 21.1 Å². The zero-order chi connectivity index (χ0) is 18.5. The van der Waals surface area contributed by atoms with Gasteiger partial charge in [0.15, 0.2) is 0 Å². The van der Waals surface area contributed by atoms with Gasteiger partial charge in [0.05, 0.1) is 22.3 Å². The maximum atomic E-state index is 11.3. The summed E-state index contributed by atoms with van der Waals surface area (Å²) in [6.45, 7) is 7.75. The first-order valence-electron chi connectivity index (χ1n) is 8.29. The highest BCUT2D eigenvalue weighted by Crippen LogP contribution is 2.44. The van der Waals surface area contributed by atoms with E-state index in [1.54, 1.807) is 28.2 Å². The topological polar surface area (TPSA) is 95.4 Å². The molecule has 26 heavy (non-hydrogen) atoms. The maximum Gasteiger partial charge on any atom is 0.244 e. The van der Waals surface area contributed by atoms with Crippen LogP contribution >= 0.6 is 11.3 Å². The molecule has 0 bridgehead atoms. The highest BCUT2D eigenvalue weighted by molar-refractivity contribution is 7.15. The number of thiazole rings is 1. The third-order valence-corrected chi connectivity index (χ3v) is 5.67. The van der Waals surface area contributed by atoms with Crippen molar-refractivity contribution < 1.29 is 9.53 Å². The predicted octanol–water partition coefficient (Wildman–Crippen LogP) is 2.75. The predicted molar refractivity (Wildman–Crippen MR) is 98.9 cm³/mol. The number of aromatic nitrogens is 4. The summed E-state index contributed by atoms with van der Waals surface area (Å²) in [6, 6.07) is 1.87. The Kier molecular flexibility index (Phi) is 3.80. The van der Waals surface area contributed by atoms with Gasteiger partial charge in [-0.15, -0.1) is 11.3 Å². The lowest BCUT2D eigenvalue weighted by Crippen LogP contribution is -2.48. The molecule has 134 valence electrons. The van der Waals surface area contributed by atoms with Gasteiger partial charge in [0.1, 0.15) is 16.8 Å². The van der Waals surface area contributed by atoms with Crippen LogP contribution in [0.4, 0.5) is 0 Å². The Hall–Kier alpha value is -2.74. The van der Waals surface area contributed by atoms with Crippen molar-refractivity contribution in [3.05, 3.63) is 41.8 Å². The summed E-state index contributed by atoms with van der Waals surface area (Å²) in [5.74, 6) is 0.137. The summed E-state index contributed by atoms with van der Waals surface area (Å²) >= 11 is 1.57. The molecule has 1 fully saturated rings. The summed E-state index contributed by atoms with van der Waals surface area (Å²) in [7, 11) is 0. The van der Waals surface area contributed by atoms with E-state index in [1.807, 2.05) is 26.1 Å². The fraction of sp³-hybridized carbons (Fsp3) is 0.333. The van der Waals surface area contributed by atoms with E-state index in [9.17, 15) is 4.79 Å². The number of hydrogen-bond donors (Lipinski definition) is 1. The number of carbonyl (C=O) groups excluding carboxylic acids is 1.